The van der Waals surface area contributed by atoms with E-state index in [2.05, 4.69) is 24.1 Å². The summed E-state index contributed by atoms with van der Waals surface area (Å²) in [5.74, 6) is 0.546. The number of aromatic nitrogens is 2. The first-order chi connectivity index (χ1) is 8.97. The zero-order chi connectivity index (χ0) is 14.4. The molecule has 5 nitrogen and oxygen atoms in total. The van der Waals surface area contributed by atoms with E-state index in [1.807, 2.05) is 25.7 Å². The summed E-state index contributed by atoms with van der Waals surface area (Å²) in [5.41, 5.74) is -0.0103. The lowest BCUT2D eigenvalue weighted by atomic mass is 10.3. The lowest BCUT2D eigenvalue weighted by molar-refractivity contribution is 0.562. The standard InChI is InChI=1S/C14H26N4O/c1-6-17(9-7-15-11(2)3)13-14(19)18(12(4)5)10-8-16-13/h8,10-12,15H,6-7,9H2,1-5H3. The molecule has 0 fully saturated rings. The van der Waals surface area contributed by atoms with Gasteiger partial charge in [-0.2, -0.15) is 0 Å². The molecule has 19 heavy (non-hydrogen) atoms. The van der Waals surface area contributed by atoms with Gasteiger partial charge < -0.3 is 14.8 Å². The van der Waals surface area contributed by atoms with E-state index >= 15 is 0 Å². The highest BCUT2D eigenvalue weighted by molar-refractivity contribution is 5.35. The van der Waals surface area contributed by atoms with Crippen molar-refractivity contribution in [2.24, 2.45) is 0 Å². The lowest BCUT2D eigenvalue weighted by Crippen LogP contribution is -2.39. The molecule has 0 saturated carbocycles. The van der Waals surface area contributed by atoms with Gasteiger partial charge in [-0.25, -0.2) is 4.98 Å². The van der Waals surface area contributed by atoms with Crippen LogP contribution >= 0.6 is 0 Å². The first-order valence-corrected chi connectivity index (χ1v) is 7.02. The van der Waals surface area contributed by atoms with Crippen molar-refractivity contribution in [2.75, 3.05) is 24.5 Å². The SMILES string of the molecule is CCN(CCNC(C)C)c1nccn(C(C)C)c1=O. The predicted molar refractivity (Wildman–Crippen MR) is 79.9 cm³/mol. The van der Waals surface area contributed by atoms with Crippen LogP contribution in [0.1, 0.15) is 40.7 Å². The average Bonchev–Trinajstić information content (AvgIpc) is 2.35. The number of hydrogen-bond acceptors (Lipinski definition) is 4. The monoisotopic (exact) mass is 266 g/mol. The van der Waals surface area contributed by atoms with Crippen molar-refractivity contribution >= 4 is 5.82 Å². The minimum Gasteiger partial charge on any atom is -0.351 e. The average molecular weight is 266 g/mol. The molecule has 108 valence electrons. The van der Waals surface area contributed by atoms with Gasteiger partial charge in [0.25, 0.3) is 5.56 Å². The molecule has 1 aromatic rings. The van der Waals surface area contributed by atoms with Crippen LogP contribution in [-0.4, -0.2) is 35.2 Å². The van der Waals surface area contributed by atoms with Crippen molar-refractivity contribution in [3.05, 3.63) is 22.7 Å². The second kappa shape index (κ2) is 7.28. The van der Waals surface area contributed by atoms with Crippen molar-refractivity contribution in [1.29, 1.82) is 0 Å². The molecule has 0 spiro atoms. The summed E-state index contributed by atoms with van der Waals surface area (Å²) in [4.78, 5) is 18.6. The Morgan fingerprint density at radius 1 is 1.37 bits per heavy atom. The fourth-order valence-corrected chi connectivity index (χ4v) is 1.94. The van der Waals surface area contributed by atoms with Crippen molar-refractivity contribution < 1.29 is 0 Å². The van der Waals surface area contributed by atoms with Crippen LogP contribution < -0.4 is 15.8 Å². The molecule has 0 aromatic carbocycles. The smallest absolute Gasteiger partial charge is 0.293 e. The van der Waals surface area contributed by atoms with E-state index in [4.69, 9.17) is 0 Å². The summed E-state index contributed by atoms with van der Waals surface area (Å²) in [7, 11) is 0. The Morgan fingerprint density at radius 2 is 2.05 bits per heavy atom. The fourth-order valence-electron chi connectivity index (χ4n) is 1.94. The highest BCUT2D eigenvalue weighted by Gasteiger charge is 2.13. The number of anilines is 1. The normalized spacial score (nSPS) is 11.3. The number of hydrogen-bond donors (Lipinski definition) is 1. The molecule has 1 aromatic heterocycles. The molecular formula is C14H26N4O. The molecule has 1 N–H and O–H groups in total. The van der Waals surface area contributed by atoms with Gasteiger partial charge in [0, 0.05) is 44.1 Å². The molecule has 0 amide bonds. The number of likely N-dealkylation sites (N-methyl/N-ethyl adjacent to an activating group) is 1. The highest BCUT2D eigenvalue weighted by atomic mass is 16.1. The first-order valence-electron chi connectivity index (χ1n) is 7.02. The molecule has 0 aliphatic heterocycles. The Morgan fingerprint density at radius 3 is 2.58 bits per heavy atom. The van der Waals surface area contributed by atoms with Crippen molar-refractivity contribution in [2.45, 2.75) is 46.7 Å². The lowest BCUT2D eigenvalue weighted by Gasteiger charge is -2.23. The van der Waals surface area contributed by atoms with E-state index in [0.717, 1.165) is 19.6 Å². The summed E-state index contributed by atoms with van der Waals surface area (Å²) < 4.78 is 1.72. The molecule has 1 rings (SSSR count). The largest absolute Gasteiger partial charge is 0.351 e. The van der Waals surface area contributed by atoms with Crippen molar-refractivity contribution in [3.8, 4) is 0 Å². The van der Waals surface area contributed by atoms with Crippen LogP contribution in [0.4, 0.5) is 5.82 Å². The van der Waals surface area contributed by atoms with Crippen LogP contribution in [0.3, 0.4) is 0 Å². The molecule has 0 bridgehead atoms. The maximum Gasteiger partial charge on any atom is 0.293 e. The number of nitrogens with one attached hydrogen (secondary N) is 1. The summed E-state index contributed by atoms with van der Waals surface area (Å²) in [5, 5.41) is 3.36. The van der Waals surface area contributed by atoms with E-state index in [9.17, 15) is 4.79 Å². The summed E-state index contributed by atoms with van der Waals surface area (Å²) in [6.07, 6.45) is 3.45. The van der Waals surface area contributed by atoms with Gasteiger partial charge in [0.05, 0.1) is 0 Å². The van der Waals surface area contributed by atoms with Gasteiger partial charge in [-0.3, -0.25) is 4.79 Å². The molecule has 0 atom stereocenters. The molecule has 1 heterocycles. The Hall–Kier alpha value is -1.36. The van der Waals surface area contributed by atoms with Crippen LogP contribution in [0.5, 0.6) is 0 Å². The predicted octanol–water partition coefficient (Wildman–Crippen LogP) is 1.65. The van der Waals surface area contributed by atoms with Gasteiger partial charge >= 0.3 is 0 Å². The van der Waals surface area contributed by atoms with Crippen LogP contribution in [0.25, 0.3) is 0 Å². The Balaban J connectivity index is 2.87. The van der Waals surface area contributed by atoms with E-state index < -0.39 is 0 Å². The first kappa shape index (κ1) is 15.7. The zero-order valence-electron chi connectivity index (χ0n) is 12.7. The van der Waals surface area contributed by atoms with E-state index in [-0.39, 0.29) is 11.6 Å². The molecule has 0 aliphatic carbocycles. The Labute approximate surface area is 115 Å². The molecule has 0 aliphatic rings. The summed E-state index contributed by atoms with van der Waals surface area (Å²) in [6, 6.07) is 0.608. The maximum absolute atomic E-state index is 12.3. The van der Waals surface area contributed by atoms with Gasteiger partial charge in [0.2, 0.25) is 0 Å². The third-order valence-electron chi connectivity index (χ3n) is 3.02. The number of rotatable bonds is 7. The second-order valence-corrected chi connectivity index (χ2v) is 5.25. The van der Waals surface area contributed by atoms with Crippen LogP contribution in [0.15, 0.2) is 17.2 Å². The van der Waals surface area contributed by atoms with E-state index in [1.165, 1.54) is 0 Å². The van der Waals surface area contributed by atoms with Gasteiger partial charge in [0.1, 0.15) is 0 Å². The fraction of sp³-hybridized carbons (Fsp3) is 0.714. The molecule has 0 unspecified atom stereocenters. The molecule has 0 saturated heterocycles. The minimum atomic E-state index is -0.0103. The van der Waals surface area contributed by atoms with Crippen LogP contribution in [-0.2, 0) is 0 Å². The molecule has 0 radical (unpaired) electrons. The summed E-state index contributed by atoms with van der Waals surface area (Å²) in [6.45, 7) is 12.7. The van der Waals surface area contributed by atoms with Gasteiger partial charge in [-0.05, 0) is 20.8 Å². The van der Waals surface area contributed by atoms with E-state index in [1.54, 1.807) is 17.0 Å². The third-order valence-corrected chi connectivity index (χ3v) is 3.02. The van der Waals surface area contributed by atoms with E-state index in [0.29, 0.717) is 11.9 Å². The number of nitrogens with zero attached hydrogens (tertiary/aromatic N) is 3. The third kappa shape index (κ3) is 4.35. The highest BCUT2D eigenvalue weighted by Crippen LogP contribution is 2.06. The minimum absolute atomic E-state index is 0.0103. The Bertz CT molecular complexity index is 439. The van der Waals surface area contributed by atoms with Crippen molar-refractivity contribution in [1.82, 2.24) is 14.9 Å². The zero-order valence-corrected chi connectivity index (χ0v) is 12.7. The Kier molecular flexibility index (Phi) is 6.02. The van der Waals surface area contributed by atoms with Gasteiger partial charge in [-0.15, -0.1) is 0 Å². The van der Waals surface area contributed by atoms with Crippen LogP contribution in [0, 0.1) is 0 Å². The van der Waals surface area contributed by atoms with Gasteiger partial charge in [-0.1, -0.05) is 13.8 Å². The molecular weight excluding hydrogens is 240 g/mol. The summed E-state index contributed by atoms with van der Waals surface area (Å²) >= 11 is 0. The van der Waals surface area contributed by atoms with Gasteiger partial charge in [0.15, 0.2) is 5.82 Å². The van der Waals surface area contributed by atoms with Crippen molar-refractivity contribution in [3.63, 3.8) is 0 Å². The topological polar surface area (TPSA) is 50.2 Å². The van der Waals surface area contributed by atoms with Crippen LogP contribution in [0.2, 0.25) is 0 Å². The second-order valence-electron chi connectivity index (χ2n) is 5.25. The molecule has 5 heteroatoms. The maximum atomic E-state index is 12.3. The quantitative estimate of drug-likeness (QED) is 0.815.